The maximum absolute atomic E-state index is 12.4. The zero-order valence-electron chi connectivity index (χ0n) is 14.5. The van der Waals surface area contributed by atoms with Gasteiger partial charge in [0.05, 0.1) is 24.6 Å². The van der Waals surface area contributed by atoms with Crippen molar-refractivity contribution in [3.8, 4) is 0 Å². The molecule has 7 nitrogen and oxygen atoms in total. The molecule has 1 aromatic rings. The van der Waals surface area contributed by atoms with Crippen LogP contribution in [0.3, 0.4) is 0 Å². The molecule has 0 bridgehead atoms. The number of carbonyl (C=O) groups is 2. The van der Waals surface area contributed by atoms with Crippen molar-refractivity contribution in [2.75, 3.05) is 36.5 Å². The molecule has 1 aromatic carbocycles. The molecule has 1 fully saturated rings. The molecule has 3 N–H and O–H groups in total. The van der Waals surface area contributed by atoms with Crippen LogP contribution in [-0.4, -0.2) is 48.9 Å². The first-order chi connectivity index (χ1) is 11.8. The normalized spacial score (nSPS) is 14.9. The minimum absolute atomic E-state index is 0.0104. The Bertz CT molecular complexity index is 630. The minimum atomic E-state index is -0.889. The van der Waals surface area contributed by atoms with E-state index in [-0.39, 0.29) is 6.42 Å². The summed E-state index contributed by atoms with van der Waals surface area (Å²) in [4.78, 5) is 25.2. The summed E-state index contributed by atoms with van der Waals surface area (Å²) in [6, 6.07) is 4.97. The van der Waals surface area contributed by atoms with E-state index in [0.717, 1.165) is 18.8 Å². The van der Waals surface area contributed by atoms with E-state index < -0.39 is 17.5 Å². The van der Waals surface area contributed by atoms with Crippen LogP contribution in [0.25, 0.3) is 0 Å². The number of anilines is 2. The van der Waals surface area contributed by atoms with Crippen LogP contribution in [-0.2, 0) is 9.53 Å². The van der Waals surface area contributed by atoms with E-state index in [4.69, 9.17) is 21.4 Å². The van der Waals surface area contributed by atoms with Gasteiger partial charge in [0.25, 0.3) is 0 Å². The second-order valence-corrected chi connectivity index (χ2v) is 7.05. The lowest BCUT2D eigenvalue weighted by molar-refractivity contribution is -0.137. The number of nitrogens with one attached hydrogen (secondary N) is 2. The Morgan fingerprint density at radius 3 is 2.64 bits per heavy atom. The zero-order chi connectivity index (χ0) is 18.4. The number of halogens is 1. The van der Waals surface area contributed by atoms with Crippen molar-refractivity contribution < 1.29 is 19.4 Å². The zero-order valence-corrected chi connectivity index (χ0v) is 15.2. The van der Waals surface area contributed by atoms with Gasteiger partial charge in [0.2, 0.25) is 0 Å². The number of urea groups is 1. The summed E-state index contributed by atoms with van der Waals surface area (Å²) in [5, 5.41) is 15.0. The van der Waals surface area contributed by atoms with Crippen LogP contribution in [0.5, 0.6) is 0 Å². The third-order valence-corrected chi connectivity index (χ3v) is 4.21. The topological polar surface area (TPSA) is 90.9 Å². The summed E-state index contributed by atoms with van der Waals surface area (Å²) in [6.45, 7) is 6.32. The molecule has 2 amide bonds. The van der Waals surface area contributed by atoms with E-state index in [1.54, 1.807) is 26.0 Å². The summed E-state index contributed by atoms with van der Waals surface area (Å²) in [6.07, 6.45) is 0.324. The SMILES string of the molecule is CC(C)(CCC(=O)O)NC(=O)Nc1cc(Cl)ccc1N1CCOCC1. The number of benzene rings is 1. The predicted octanol–water partition coefficient (Wildman–Crippen LogP) is 2.94. The van der Waals surface area contributed by atoms with E-state index >= 15 is 0 Å². The molecule has 8 heteroatoms. The van der Waals surface area contributed by atoms with Gasteiger partial charge in [0.15, 0.2) is 0 Å². The van der Waals surface area contributed by atoms with Gasteiger partial charge in [-0.25, -0.2) is 4.79 Å². The van der Waals surface area contributed by atoms with Gasteiger partial charge in [0, 0.05) is 30.1 Å². The van der Waals surface area contributed by atoms with Gasteiger partial charge in [-0.15, -0.1) is 0 Å². The molecule has 0 radical (unpaired) electrons. The third kappa shape index (κ3) is 6.10. The fourth-order valence-electron chi connectivity index (χ4n) is 2.63. The number of aliphatic carboxylic acids is 1. The quantitative estimate of drug-likeness (QED) is 0.717. The van der Waals surface area contributed by atoms with Crippen molar-refractivity contribution in [3.05, 3.63) is 23.2 Å². The molecule has 1 aliphatic rings. The summed E-state index contributed by atoms with van der Waals surface area (Å²) >= 11 is 6.08. The lowest BCUT2D eigenvalue weighted by Gasteiger charge is -2.31. The highest BCUT2D eigenvalue weighted by Gasteiger charge is 2.23. The highest BCUT2D eigenvalue weighted by atomic mass is 35.5. The Morgan fingerprint density at radius 1 is 1.32 bits per heavy atom. The molecule has 1 saturated heterocycles. The maximum Gasteiger partial charge on any atom is 0.319 e. The molecule has 0 aromatic heterocycles. The number of nitrogens with zero attached hydrogens (tertiary/aromatic N) is 1. The molecule has 2 rings (SSSR count). The Kier molecular flexibility index (Phi) is 6.50. The number of hydrogen-bond acceptors (Lipinski definition) is 4. The molecule has 0 spiro atoms. The number of ether oxygens (including phenoxy) is 1. The van der Waals surface area contributed by atoms with Crippen LogP contribution in [0.15, 0.2) is 18.2 Å². The number of carbonyl (C=O) groups excluding carboxylic acids is 1. The lowest BCUT2D eigenvalue weighted by atomic mass is 9.99. The molecular formula is C17H24ClN3O4. The molecule has 1 aliphatic heterocycles. The lowest BCUT2D eigenvalue weighted by Crippen LogP contribution is -2.46. The number of morpholine rings is 1. The summed E-state index contributed by atoms with van der Waals surface area (Å²) in [5.41, 5.74) is 0.854. The Morgan fingerprint density at radius 2 is 2.00 bits per heavy atom. The van der Waals surface area contributed by atoms with Crippen LogP contribution in [0, 0.1) is 0 Å². The second-order valence-electron chi connectivity index (χ2n) is 6.62. The molecule has 25 heavy (non-hydrogen) atoms. The molecule has 0 atom stereocenters. The van der Waals surface area contributed by atoms with Crippen molar-refractivity contribution in [2.24, 2.45) is 0 Å². The highest BCUT2D eigenvalue weighted by molar-refractivity contribution is 6.31. The molecule has 0 aliphatic carbocycles. The Balaban J connectivity index is 2.06. The molecule has 0 unspecified atom stereocenters. The predicted molar refractivity (Wildman–Crippen MR) is 97.6 cm³/mol. The first-order valence-corrected chi connectivity index (χ1v) is 8.58. The average molecular weight is 370 g/mol. The monoisotopic (exact) mass is 369 g/mol. The first kappa shape index (κ1) is 19.3. The number of hydrogen-bond donors (Lipinski definition) is 3. The molecule has 138 valence electrons. The fraction of sp³-hybridized carbons (Fsp3) is 0.529. The van der Waals surface area contributed by atoms with Gasteiger partial charge >= 0.3 is 12.0 Å². The van der Waals surface area contributed by atoms with Crippen molar-refractivity contribution in [1.82, 2.24) is 5.32 Å². The molecular weight excluding hydrogens is 346 g/mol. The average Bonchev–Trinajstić information content (AvgIpc) is 2.53. The fourth-order valence-corrected chi connectivity index (χ4v) is 2.80. The van der Waals surface area contributed by atoms with Crippen LogP contribution in [0.4, 0.5) is 16.2 Å². The van der Waals surface area contributed by atoms with Gasteiger partial charge in [-0.3, -0.25) is 4.79 Å². The maximum atomic E-state index is 12.4. The Labute approximate surface area is 152 Å². The smallest absolute Gasteiger partial charge is 0.319 e. The summed E-state index contributed by atoms with van der Waals surface area (Å²) in [5.74, 6) is -0.889. The minimum Gasteiger partial charge on any atom is -0.481 e. The van der Waals surface area contributed by atoms with Gasteiger partial charge in [-0.2, -0.15) is 0 Å². The van der Waals surface area contributed by atoms with Crippen molar-refractivity contribution in [2.45, 2.75) is 32.2 Å². The van der Waals surface area contributed by atoms with E-state index in [1.165, 1.54) is 0 Å². The first-order valence-electron chi connectivity index (χ1n) is 8.20. The summed E-state index contributed by atoms with van der Waals surface area (Å²) in [7, 11) is 0. The van der Waals surface area contributed by atoms with Gasteiger partial charge in [-0.1, -0.05) is 11.6 Å². The van der Waals surface area contributed by atoms with E-state index in [0.29, 0.717) is 30.3 Å². The van der Waals surface area contributed by atoms with Crippen LogP contribution in [0.2, 0.25) is 5.02 Å². The largest absolute Gasteiger partial charge is 0.481 e. The number of rotatable bonds is 6. The van der Waals surface area contributed by atoms with E-state index in [1.807, 2.05) is 6.07 Å². The molecule has 1 heterocycles. The standard InChI is InChI=1S/C17H24ClN3O4/c1-17(2,6-5-15(22)23)20-16(24)19-13-11-12(18)3-4-14(13)21-7-9-25-10-8-21/h3-4,11H,5-10H2,1-2H3,(H,22,23)(H2,19,20,24). The van der Waals surface area contributed by atoms with E-state index in [2.05, 4.69) is 15.5 Å². The number of carboxylic acid groups (broad SMARTS) is 1. The van der Waals surface area contributed by atoms with Crippen molar-refractivity contribution >= 4 is 35.0 Å². The number of carboxylic acids is 1. The van der Waals surface area contributed by atoms with Crippen LogP contribution < -0.4 is 15.5 Å². The highest BCUT2D eigenvalue weighted by Crippen LogP contribution is 2.30. The molecule has 0 saturated carbocycles. The van der Waals surface area contributed by atoms with Crippen LogP contribution in [0.1, 0.15) is 26.7 Å². The number of amides is 2. The third-order valence-electron chi connectivity index (χ3n) is 3.97. The van der Waals surface area contributed by atoms with Gasteiger partial charge in [0.1, 0.15) is 0 Å². The summed E-state index contributed by atoms with van der Waals surface area (Å²) < 4.78 is 5.36. The van der Waals surface area contributed by atoms with Gasteiger partial charge in [-0.05, 0) is 38.5 Å². The van der Waals surface area contributed by atoms with Crippen molar-refractivity contribution in [3.63, 3.8) is 0 Å². The van der Waals surface area contributed by atoms with Gasteiger partial charge < -0.3 is 25.4 Å². The second kappa shape index (κ2) is 8.40. The van der Waals surface area contributed by atoms with Crippen molar-refractivity contribution in [1.29, 1.82) is 0 Å². The van der Waals surface area contributed by atoms with E-state index in [9.17, 15) is 9.59 Å². The van der Waals surface area contributed by atoms with Crippen LogP contribution >= 0.6 is 11.6 Å². The Hall–Kier alpha value is -1.99.